The standard InChI is InChI=1S/C19H25NO4S/c1-5-24-16-8-6-7-15(11-16)13-20-25(21,22)17-9-10-19(23-4)18(12-17)14(2)3/h6-12,14,20H,5,13H2,1-4H3. The van der Waals surface area contributed by atoms with Gasteiger partial charge in [0.05, 0.1) is 18.6 Å². The number of hydrogen-bond acceptors (Lipinski definition) is 4. The highest BCUT2D eigenvalue weighted by atomic mass is 32.2. The summed E-state index contributed by atoms with van der Waals surface area (Å²) in [5.74, 6) is 1.58. The van der Waals surface area contributed by atoms with Gasteiger partial charge < -0.3 is 9.47 Å². The molecule has 1 N–H and O–H groups in total. The van der Waals surface area contributed by atoms with Crippen LogP contribution < -0.4 is 14.2 Å². The lowest BCUT2D eigenvalue weighted by Crippen LogP contribution is -2.23. The first-order chi connectivity index (χ1) is 11.9. The van der Waals surface area contributed by atoms with Crippen LogP contribution in [0.2, 0.25) is 0 Å². The van der Waals surface area contributed by atoms with Gasteiger partial charge in [0.25, 0.3) is 0 Å². The van der Waals surface area contributed by atoms with Crippen molar-refractivity contribution < 1.29 is 17.9 Å². The van der Waals surface area contributed by atoms with E-state index in [9.17, 15) is 8.42 Å². The Balaban J connectivity index is 2.19. The molecule has 0 bridgehead atoms. The fraction of sp³-hybridized carbons (Fsp3) is 0.368. The molecule has 0 heterocycles. The number of methoxy groups -OCH3 is 1. The quantitative estimate of drug-likeness (QED) is 0.777. The van der Waals surface area contributed by atoms with Crippen molar-refractivity contribution in [2.45, 2.75) is 38.1 Å². The molecule has 0 aromatic heterocycles. The lowest BCUT2D eigenvalue weighted by molar-refractivity contribution is 0.340. The maximum absolute atomic E-state index is 12.6. The Morgan fingerprint density at radius 2 is 1.88 bits per heavy atom. The molecule has 0 atom stereocenters. The van der Waals surface area contributed by atoms with Gasteiger partial charge in [0, 0.05) is 6.54 Å². The van der Waals surface area contributed by atoms with E-state index < -0.39 is 10.0 Å². The number of rotatable bonds is 8. The zero-order valence-electron chi connectivity index (χ0n) is 15.1. The predicted molar refractivity (Wildman–Crippen MR) is 98.7 cm³/mol. The van der Waals surface area contributed by atoms with Crippen molar-refractivity contribution >= 4 is 10.0 Å². The van der Waals surface area contributed by atoms with Crippen LogP contribution in [-0.4, -0.2) is 22.1 Å². The van der Waals surface area contributed by atoms with Crippen LogP contribution in [0.25, 0.3) is 0 Å². The van der Waals surface area contributed by atoms with Gasteiger partial charge in [-0.25, -0.2) is 13.1 Å². The summed E-state index contributed by atoms with van der Waals surface area (Å²) in [6.45, 7) is 6.68. The third kappa shape index (κ3) is 4.96. The second kappa shape index (κ2) is 8.36. The number of sulfonamides is 1. The average molecular weight is 363 g/mol. The van der Waals surface area contributed by atoms with E-state index in [2.05, 4.69) is 4.72 Å². The smallest absolute Gasteiger partial charge is 0.240 e. The molecule has 0 fully saturated rings. The van der Waals surface area contributed by atoms with Crippen molar-refractivity contribution in [2.75, 3.05) is 13.7 Å². The molecule has 0 radical (unpaired) electrons. The van der Waals surface area contributed by atoms with E-state index in [4.69, 9.17) is 9.47 Å². The van der Waals surface area contributed by atoms with E-state index >= 15 is 0 Å². The topological polar surface area (TPSA) is 64.6 Å². The Kier molecular flexibility index (Phi) is 6.45. The second-order valence-corrected chi connectivity index (χ2v) is 7.73. The van der Waals surface area contributed by atoms with Crippen molar-refractivity contribution in [3.8, 4) is 11.5 Å². The van der Waals surface area contributed by atoms with E-state index in [1.54, 1.807) is 25.3 Å². The molecule has 0 saturated carbocycles. The molecular formula is C19H25NO4S. The largest absolute Gasteiger partial charge is 0.496 e. The Morgan fingerprint density at radius 3 is 2.52 bits per heavy atom. The maximum atomic E-state index is 12.6. The molecule has 0 spiro atoms. The molecular weight excluding hydrogens is 338 g/mol. The van der Waals surface area contributed by atoms with E-state index in [0.717, 1.165) is 16.9 Å². The summed E-state index contributed by atoms with van der Waals surface area (Å²) in [5, 5.41) is 0. The zero-order valence-corrected chi connectivity index (χ0v) is 15.9. The highest BCUT2D eigenvalue weighted by molar-refractivity contribution is 7.89. The molecule has 0 saturated heterocycles. The molecule has 2 rings (SSSR count). The summed E-state index contributed by atoms with van der Waals surface area (Å²) in [4.78, 5) is 0.234. The molecule has 5 nitrogen and oxygen atoms in total. The molecule has 0 aliphatic carbocycles. The Labute approximate surface area is 150 Å². The van der Waals surface area contributed by atoms with Gasteiger partial charge in [0.15, 0.2) is 0 Å². The number of nitrogens with one attached hydrogen (secondary N) is 1. The lowest BCUT2D eigenvalue weighted by atomic mass is 10.0. The second-order valence-electron chi connectivity index (χ2n) is 5.96. The number of benzene rings is 2. The van der Waals surface area contributed by atoms with Crippen LogP contribution in [0.4, 0.5) is 0 Å². The highest BCUT2D eigenvalue weighted by Gasteiger charge is 2.17. The van der Waals surface area contributed by atoms with E-state index in [1.807, 2.05) is 45.0 Å². The van der Waals surface area contributed by atoms with Gasteiger partial charge >= 0.3 is 0 Å². The third-order valence-corrected chi connectivity index (χ3v) is 5.21. The molecule has 0 amide bonds. The SMILES string of the molecule is CCOc1cccc(CNS(=O)(=O)c2ccc(OC)c(C(C)C)c2)c1. The van der Waals surface area contributed by atoms with Crippen LogP contribution in [0.15, 0.2) is 47.4 Å². The van der Waals surface area contributed by atoms with E-state index in [-0.39, 0.29) is 17.4 Å². The highest BCUT2D eigenvalue weighted by Crippen LogP contribution is 2.28. The van der Waals surface area contributed by atoms with Crippen molar-refractivity contribution in [3.63, 3.8) is 0 Å². The first kappa shape index (κ1) is 19.3. The van der Waals surface area contributed by atoms with Crippen molar-refractivity contribution in [3.05, 3.63) is 53.6 Å². The molecule has 2 aromatic carbocycles. The van der Waals surface area contributed by atoms with Crippen LogP contribution in [-0.2, 0) is 16.6 Å². The maximum Gasteiger partial charge on any atom is 0.240 e. The van der Waals surface area contributed by atoms with Crippen LogP contribution in [0.3, 0.4) is 0 Å². The summed E-state index contributed by atoms with van der Waals surface area (Å²) < 4.78 is 38.6. The minimum Gasteiger partial charge on any atom is -0.496 e. The van der Waals surface area contributed by atoms with Gasteiger partial charge in [0.1, 0.15) is 11.5 Å². The molecule has 0 aliphatic heterocycles. The molecule has 0 aliphatic rings. The summed E-state index contributed by atoms with van der Waals surface area (Å²) >= 11 is 0. The lowest BCUT2D eigenvalue weighted by Gasteiger charge is -2.14. The minimum absolute atomic E-state index is 0.160. The minimum atomic E-state index is -3.61. The van der Waals surface area contributed by atoms with Crippen LogP contribution >= 0.6 is 0 Å². The van der Waals surface area contributed by atoms with E-state index in [0.29, 0.717) is 12.4 Å². The Bertz CT molecular complexity index is 816. The Hall–Kier alpha value is -2.05. The van der Waals surface area contributed by atoms with Gasteiger partial charge in [-0.3, -0.25) is 0 Å². The zero-order chi connectivity index (χ0) is 18.4. The fourth-order valence-electron chi connectivity index (χ4n) is 2.50. The van der Waals surface area contributed by atoms with Gasteiger partial charge in [-0.15, -0.1) is 0 Å². The van der Waals surface area contributed by atoms with Crippen LogP contribution in [0.1, 0.15) is 37.8 Å². The van der Waals surface area contributed by atoms with Gasteiger partial charge in [-0.1, -0.05) is 26.0 Å². The van der Waals surface area contributed by atoms with Crippen LogP contribution in [0.5, 0.6) is 11.5 Å². The predicted octanol–water partition coefficient (Wildman–Crippen LogP) is 3.70. The third-order valence-electron chi connectivity index (χ3n) is 3.81. The van der Waals surface area contributed by atoms with Crippen molar-refractivity contribution in [1.29, 1.82) is 0 Å². The molecule has 136 valence electrons. The summed E-state index contributed by atoms with van der Waals surface area (Å²) in [6, 6.07) is 12.3. The summed E-state index contributed by atoms with van der Waals surface area (Å²) in [6.07, 6.45) is 0. The van der Waals surface area contributed by atoms with Crippen LogP contribution in [0, 0.1) is 0 Å². The molecule has 25 heavy (non-hydrogen) atoms. The normalized spacial score (nSPS) is 11.6. The first-order valence-electron chi connectivity index (χ1n) is 8.26. The molecule has 2 aromatic rings. The summed E-state index contributed by atoms with van der Waals surface area (Å²) in [5.41, 5.74) is 1.70. The molecule has 0 unspecified atom stereocenters. The van der Waals surface area contributed by atoms with Gasteiger partial charge in [-0.2, -0.15) is 0 Å². The Morgan fingerprint density at radius 1 is 1.12 bits per heavy atom. The van der Waals surface area contributed by atoms with Gasteiger partial charge in [-0.05, 0) is 54.3 Å². The van der Waals surface area contributed by atoms with Gasteiger partial charge in [0.2, 0.25) is 10.0 Å². The number of hydrogen-bond donors (Lipinski definition) is 1. The average Bonchev–Trinajstić information content (AvgIpc) is 2.60. The first-order valence-corrected chi connectivity index (χ1v) is 9.75. The number of ether oxygens (including phenoxy) is 2. The fourth-order valence-corrected chi connectivity index (χ4v) is 3.56. The monoisotopic (exact) mass is 363 g/mol. The molecule has 6 heteroatoms. The van der Waals surface area contributed by atoms with E-state index in [1.165, 1.54) is 0 Å². The van der Waals surface area contributed by atoms with Crippen molar-refractivity contribution in [1.82, 2.24) is 4.72 Å². The van der Waals surface area contributed by atoms with Crippen molar-refractivity contribution in [2.24, 2.45) is 0 Å². The summed E-state index contributed by atoms with van der Waals surface area (Å²) in [7, 11) is -2.03.